The highest BCUT2D eigenvalue weighted by molar-refractivity contribution is 7.11. The van der Waals surface area contributed by atoms with Crippen molar-refractivity contribution in [1.82, 2.24) is 10.6 Å². The van der Waals surface area contributed by atoms with Crippen LogP contribution in [0.5, 0.6) is 0 Å². The van der Waals surface area contributed by atoms with Gasteiger partial charge in [-0.15, -0.1) is 11.3 Å². The number of hydrogen-bond donors (Lipinski definition) is 3. The normalized spacial score (nSPS) is 19.4. The lowest BCUT2D eigenvalue weighted by molar-refractivity contribution is 0.0131. The first-order chi connectivity index (χ1) is 11.0. The van der Waals surface area contributed by atoms with Crippen LogP contribution in [0.1, 0.15) is 55.7 Å². The maximum atomic E-state index is 10.6. The van der Waals surface area contributed by atoms with Gasteiger partial charge in [0.25, 0.3) is 0 Å². The van der Waals surface area contributed by atoms with E-state index in [1.807, 2.05) is 11.3 Å². The molecule has 0 bridgehead atoms. The van der Waals surface area contributed by atoms with Crippen LogP contribution in [0.15, 0.2) is 17.1 Å². The molecule has 1 saturated carbocycles. The maximum absolute atomic E-state index is 10.6. The van der Waals surface area contributed by atoms with Gasteiger partial charge in [-0.3, -0.25) is 4.99 Å². The van der Waals surface area contributed by atoms with Gasteiger partial charge in [0.05, 0.1) is 12.1 Å². The number of hydrogen-bond acceptors (Lipinski definition) is 3. The second kappa shape index (κ2) is 8.69. The van der Waals surface area contributed by atoms with E-state index in [0.29, 0.717) is 12.6 Å². The first kappa shape index (κ1) is 18.3. The van der Waals surface area contributed by atoms with Crippen molar-refractivity contribution in [2.45, 2.75) is 70.9 Å². The van der Waals surface area contributed by atoms with Gasteiger partial charge in [0, 0.05) is 28.8 Å². The van der Waals surface area contributed by atoms with Crippen LogP contribution < -0.4 is 10.6 Å². The molecule has 1 unspecified atom stereocenters. The highest BCUT2D eigenvalue weighted by atomic mass is 32.1. The van der Waals surface area contributed by atoms with Gasteiger partial charge < -0.3 is 15.7 Å². The van der Waals surface area contributed by atoms with E-state index in [2.05, 4.69) is 48.5 Å². The predicted molar refractivity (Wildman–Crippen MR) is 99.4 cm³/mol. The summed E-state index contributed by atoms with van der Waals surface area (Å²) < 4.78 is 0. The molecule has 1 heterocycles. The molecule has 4 nitrogen and oxygen atoms in total. The van der Waals surface area contributed by atoms with Crippen molar-refractivity contribution in [3.05, 3.63) is 21.9 Å². The van der Waals surface area contributed by atoms with E-state index < -0.39 is 5.60 Å². The van der Waals surface area contributed by atoms with E-state index in [1.54, 1.807) is 0 Å². The Morgan fingerprint density at radius 3 is 2.70 bits per heavy atom. The second-order valence-corrected chi connectivity index (χ2v) is 8.11. The van der Waals surface area contributed by atoms with E-state index in [4.69, 9.17) is 0 Å². The van der Waals surface area contributed by atoms with Crippen molar-refractivity contribution >= 4 is 17.3 Å². The fourth-order valence-electron chi connectivity index (χ4n) is 3.10. The Morgan fingerprint density at radius 2 is 2.09 bits per heavy atom. The molecule has 1 aliphatic carbocycles. The van der Waals surface area contributed by atoms with Gasteiger partial charge in [-0.1, -0.05) is 19.3 Å². The van der Waals surface area contributed by atoms with Crippen molar-refractivity contribution in [3.8, 4) is 0 Å². The molecular weight excluding hydrogens is 306 g/mol. The van der Waals surface area contributed by atoms with Crippen molar-refractivity contribution < 1.29 is 5.11 Å². The molecule has 0 aliphatic heterocycles. The number of thiophene rings is 1. The van der Waals surface area contributed by atoms with Crippen molar-refractivity contribution in [2.24, 2.45) is 4.99 Å². The quantitative estimate of drug-likeness (QED) is 0.552. The molecule has 1 fully saturated rings. The summed E-state index contributed by atoms with van der Waals surface area (Å²) in [5.41, 5.74) is -0.602. The molecule has 1 aliphatic rings. The number of aliphatic hydroxyl groups is 1. The molecule has 0 aromatic carbocycles. The zero-order valence-corrected chi connectivity index (χ0v) is 15.5. The van der Waals surface area contributed by atoms with E-state index in [9.17, 15) is 5.11 Å². The molecule has 1 aromatic heterocycles. The zero-order valence-electron chi connectivity index (χ0n) is 14.7. The third kappa shape index (κ3) is 6.15. The van der Waals surface area contributed by atoms with Crippen LogP contribution in [0, 0.1) is 6.92 Å². The van der Waals surface area contributed by atoms with Gasteiger partial charge in [0.15, 0.2) is 5.96 Å². The van der Waals surface area contributed by atoms with Gasteiger partial charge >= 0.3 is 0 Å². The average Bonchev–Trinajstić information content (AvgIpc) is 2.91. The van der Waals surface area contributed by atoms with Gasteiger partial charge in [-0.25, -0.2) is 0 Å². The van der Waals surface area contributed by atoms with Gasteiger partial charge in [0.1, 0.15) is 0 Å². The minimum Gasteiger partial charge on any atom is -0.388 e. The van der Waals surface area contributed by atoms with Crippen LogP contribution in [0.3, 0.4) is 0 Å². The summed E-state index contributed by atoms with van der Waals surface area (Å²) >= 11 is 1.85. The number of nitrogens with zero attached hydrogens (tertiary/aromatic N) is 1. The van der Waals surface area contributed by atoms with Crippen molar-refractivity contribution in [3.63, 3.8) is 0 Å². The fraction of sp³-hybridized carbons (Fsp3) is 0.722. The molecule has 1 aromatic rings. The van der Waals surface area contributed by atoms with Crippen LogP contribution in [-0.2, 0) is 6.42 Å². The molecule has 23 heavy (non-hydrogen) atoms. The Bertz CT molecular complexity index is 506. The SMILES string of the molecule is CCNC(=NCC1(O)CCCCC1)NC(C)Cc1ccc(C)s1. The maximum Gasteiger partial charge on any atom is 0.191 e. The molecule has 0 radical (unpaired) electrons. The number of aliphatic imine (C=N–C) groups is 1. The highest BCUT2D eigenvalue weighted by Crippen LogP contribution is 2.28. The topological polar surface area (TPSA) is 56.7 Å². The first-order valence-electron chi connectivity index (χ1n) is 8.83. The molecule has 0 amide bonds. The number of rotatable bonds is 6. The predicted octanol–water partition coefficient (Wildman–Crippen LogP) is 3.24. The largest absolute Gasteiger partial charge is 0.388 e. The summed E-state index contributed by atoms with van der Waals surface area (Å²) in [4.78, 5) is 7.39. The summed E-state index contributed by atoms with van der Waals surface area (Å²) in [5.74, 6) is 0.812. The number of guanidine groups is 1. The Morgan fingerprint density at radius 1 is 1.35 bits per heavy atom. The second-order valence-electron chi connectivity index (χ2n) is 6.74. The summed E-state index contributed by atoms with van der Waals surface area (Å²) in [5, 5.41) is 17.4. The van der Waals surface area contributed by atoms with Crippen LogP contribution in [0.2, 0.25) is 0 Å². The standard InChI is InChI=1S/C18H31N3OS/c1-4-19-17(20-13-18(22)10-6-5-7-11-18)21-14(2)12-16-9-8-15(3)23-16/h8-9,14,22H,4-7,10-13H2,1-3H3,(H2,19,20,21). The molecule has 3 N–H and O–H groups in total. The lowest BCUT2D eigenvalue weighted by Crippen LogP contribution is -2.44. The summed E-state index contributed by atoms with van der Waals surface area (Å²) in [6.45, 7) is 7.71. The van der Waals surface area contributed by atoms with Crippen LogP contribution >= 0.6 is 11.3 Å². The van der Waals surface area contributed by atoms with E-state index in [1.165, 1.54) is 16.2 Å². The summed E-state index contributed by atoms with van der Waals surface area (Å²) in [6.07, 6.45) is 6.21. The van der Waals surface area contributed by atoms with Crippen molar-refractivity contribution in [2.75, 3.05) is 13.1 Å². The molecule has 0 saturated heterocycles. The Balaban J connectivity index is 1.90. The minimum absolute atomic E-state index is 0.312. The van der Waals surface area contributed by atoms with E-state index in [-0.39, 0.29) is 0 Å². The Kier molecular flexibility index (Phi) is 6.90. The molecule has 130 valence electrons. The van der Waals surface area contributed by atoms with E-state index in [0.717, 1.165) is 44.6 Å². The van der Waals surface area contributed by atoms with Gasteiger partial charge in [-0.05, 0) is 45.7 Å². The monoisotopic (exact) mass is 337 g/mol. The van der Waals surface area contributed by atoms with Crippen LogP contribution in [-0.4, -0.2) is 35.8 Å². The molecule has 2 rings (SSSR count). The third-order valence-electron chi connectivity index (χ3n) is 4.35. The third-order valence-corrected chi connectivity index (χ3v) is 5.37. The molecule has 1 atom stereocenters. The average molecular weight is 338 g/mol. The molecule has 5 heteroatoms. The lowest BCUT2D eigenvalue weighted by Gasteiger charge is -2.30. The number of aryl methyl sites for hydroxylation is 1. The summed E-state index contributed by atoms with van der Waals surface area (Å²) in [7, 11) is 0. The van der Waals surface area contributed by atoms with Gasteiger partial charge in [0.2, 0.25) is 0 Å². The Labute approximate surface area is 144 Å². The summed E-state index contributed by atoms with van der Waals surface area (Å²) in [6, 6.07) is 4.68. The fourth-order valence-corrected chi connectivity index (χ4v) is 4.11. The zero-order chi connectivity index (χ0) is 16.7. The smallest absolute Gasteiger partial charge is 0.191 e. The Hall–Kier alpha value is -1.07. The first-order valence-corrected chi connectivity index (χ1v) is 9.65. The molecule has 0 spiro atoms. The number of nitrogens with one attached hydrogen (secondary N) is 2. The lowest BCUT2D eigenvalue weighted by atomic mass is 9.85. The van der Waals surface area contributed by atoms with Crippen LogP contribution in [0.4, 0.5) is 0 Å². The highest BCUT2D eigenvalue weighted by Gasteiger charge is 2.28. The molecular formula is C18H31N3OS. The van der Waals surface area contributed by atoms with Gasteiger partial charge in [-0.2, -0.15) is 0 Å². The van der Waals surface area contributed by atoms with Crippen molar-refractivity contribution in [1.29, 1.82) is 0 Å². The minimum atomic E-state index is -0.602. The van der Waals surface area contributed by atoms with Crippen LogP contribution in [0.25, 0.3) is 0 Å². The van der Waals surface area contributed by atoms with E-state index >= 15 is 0 Å².